The van der Waals surface area contributed by atoms with E-state index < -0.39 is 0 Å². The summed E-state index contributed by atoms with van der Waals surface area (Å²) in [4.78, 5) is 15.9. The lowest BCUT2D eigenvalue weighted by atomic mass is 9.79. The maximum absolute atomic E-state index is 12.8. The van der Waals surface area contributed by atoms with Crippen LogP contribution in [0.4, 0.5) is 0 Å². The minimum absolute atomic E-state index is 0.00896. The van der Waals surface area contributed by atoms with Gasteiger partial charge in [0.15, 0.2) is 0 Å². The van der Waals surface area contributed by atoms with Gasteiger partial charge >= 0.3 is 0 Å². The molecule has 0 spiro atoms. The molecular formula is C19H21ClN2OS. The third-order valence-electron chi connectivity index (χ3n) is 5.47. The fraction of sp³-hybridized carbons (Fsp3) is 0.421. The molecule has 3 fully saturated rings. The molecule has 0 radical (unpaired) electrons. The fourth-order valence-corrected chi connectivity index (χ4v) is 5.28. The summed E-state index contributed by atoms with van der Waals surface area (Å²) in [5, 5.41) is 3.28. The van der Waals surface area contributed by atoms with E-state index in [0.717, 1.165) is 11.1 Å². The average Bonchev–Trinajstić information content (AvgIpc) is 3.01. The number of nitrogens with one attached hydrogen (secondary N) is 1. The Hall–Kier alpha value is -1.36. The van der Waals surface area contributed by atoms with Crippen LogP contribution in [0.3, 0.4) is 0 Å². The van der Waals surface area contributed by atoms with E-state index in [0.29, 0.717) is 21.2 Å². The van der Waals surface area contributed by atoms with Crippen LogP contribution in [0.5, 0.6) is 0 Å². The van der Waals surface area contributed by atoms with Crippen molar-refractivity contribution < 1.29 is 4.79 Å². The van der Waals surface area contributed by atoms with Crippen LogP contribution >= 0.6 is 22.9 Å². The van der Waals surface area contributed by atoms with Crippen molar-refractivity contribution in [3.05, 3.63) is 45.6 Å². The minimum Gasteiger partial charge on any atom is -0.347 e. The zero-order chi connectivity index (χ0) is 16.7. The number of piperidine rings is 3. The summed E-state index contributed by atoms with van der Waals surface area (Å²) in [7, 11) is 0. The monoisotopic (exact) mass is 360 g/mol. The van der Waals surface area contributed by atoms with E-state index in [9.17, 15) is 4.79 Å². The number of amides is 1. The van der Waals surface area contributed by atoms with Crippen molar-refractivity contribution in [2.24, 2.45) is 5.92 Å². The maximum atomic E-state index is 12.8. The van der Waals surface area contributed by atoms with E-state index in [1.165, 1.54) is 37.3 Å². The summed E-state index contributed by atoms with van der Waals surface area (Å²) >= 11 is 7.76. The van der Waals surface area contributed by atoms with Gasteiger partial charge in [0.2, 0.25) is 0 Å². The number of fused-ring (bicyclic) bond motifs is 3. The molecule has 3 aliphatic heterocycles. The Morgan fingerprint density at radius 3 is 2.62 bits per heavy atom. The quantitative estimate of drug-likeness (QED) is 0.885. The zero-order valence-corrected chi connectivity index (χ0v) is 15.2. The lowest BCUT2D eigenvalue weighted by molar-refractivity contribution is 0.0218. The van der Waals surface area contributed by atoms with Gasteiger partial charge in [-0.1, -0.05) is 41.9 Å². The van der Waals surface area contributed by atoms with E-state index in [1.807, 2.05) is 36.4 Å². The fourth-order valence-electron chi connectivity index (χ4n) is 4.06. The zero-order valence-electron chi connectivity index (χ0n) is 13.7. The Balaban J connectivity index is 1.53. The Morgan fingerprint density at radius 1 is 1.25 bits per heavy atom. The van der Waals surface area contributed by atoms with Crippen LogP contribution in [0.1, 0.15) is 29.4 Å². The second kappa shape index (κ2) is 6.51. The first-order chi connectivity index (χ1) is 11.6. The topological polar surface area (TPSA) is 32.3 Å². The highest BCUT2D eigenvalue weighted by Gasteiger charge is 2.40. The summed E-state index contributed by atoms with van der Waals surface area (Å²) in [6.45, 7) is 4.56. The molecule has 1 aromatic carbocycles. The smallest absolute Gasteiger partial charge is 0.261 e. The van der Waals surface area contributed by atoms with E-state index in [1.54, 1.807) is 0 Å². The van der Waals surface area contributed by atoms with Crippen LogP contribution in [0.25, 0.3) is 11.1 Å². The highest BCUT2D eigenvalue weighted by atomic mass is 35.5. The van der Waals surface area contributed by atoms with Gasteiger partial charge in [0.1, 0.15) is 4.34 Å². The number of nitrogens with zero attached hydrogens (tertiary/aromatic N) is 1. The highest BCUT2D eigenvalue weighted by Crippen LogP contribution is 2.36. The molecule has 0 aliphatic carbocycles. The average molecular weight is 361 g/mol. The van der Waals surface area contributed by atoms with Crippen molar-refractivity contribution >= 4 is 28.8 Å². The normalized spacial score (nSPS) is 28.8. The number of carbonyl (C=O) groups excluding carboxylic acids is 1. The molecule has 3 aliphatic rings. The maximum Gasteiger partial charge on any atom is 0.261 e. The second-order valence-electron chi connectivity index (χ2n) is 6.78. The summed E-state index contributed by atoms with van der Waals surface area (Å²) in [6, 6.07) is 12.6. The van der Waals surface area contributed by atoms with Gasteiger partial charge in [0.05, 0.1) is 4.88 Å². The first-order valence-corrected chi connectivity index (χ1v) is 9.72. The van der Waals surface area contributed by atoms with Crippen molar-refractivity contribution in [1.82, 2.24) is 10.2 Å². The van der Waals surface area contributed by atoms with Crippen LogP contribution < -0.4 is 5.32 Å². The molecule has 3 nitrogen and oxygen atoms in total. The Morgan fingerprint density at radius 2 is 1.96 bits per heavy atom. The lowest BCUT2D eigenvalue weighted by Crippen LogP contribution is -2.62. The van der Waals surface area contributed by atoms with Crippen LogP contribution in [0.15, 0.2) is 36.4 Å². The number of benzene rings is 1. The van der Waals surface area contributed by atoms with Gasteiger partial charge in [-0.2, -0.15) is 0 Å². The SMILES string of the molecule is C[C@H]1[C@H](NC(=O)c2cc(-c3ccccc3)c(Cl)s2)C2CCN1CC2. The molecule has 0 saturated carbocycles. The third-order valence-corrected chi connectivity index (χ3v) is 6.83. The molecule has 126 valence electrons. The number of halogens is 1. The molecule has 3 saturated heterocycles. The van der Waals surface area contributed by atoms with E-state index in [-0.39, 0.29) is 11.9 Å². The Kier molecular flexibility index (Phi) is 4.37. The van der Waals surface area contributed by atoms with E-state index in [4.69, 9.17) is 11.6 Å². The third kappa shape index (κ3) is 2.87. The predicted molar refractivity (Wildman–Crippen MR) is 99.8 cm³/mol. The minimum atomic E-state index is 0.00896. The molecule has 2 aromatic rings. The molecule has 5 rings (SSSR count). The molecule has 24 heavy (non-hydrogen) atoms. The van der Waals surface area contributed by atoms with Gasteiger partial charge in [0.25, 0.3) is 5.91 Å². The Bertz CT molecular complexity index is 735. The van der Waals surface area contributed by atoms with Gasteiger partial charge in [-0.3, -0.25) is 9.69 Å². The number of hydrogen-bond donors (Lipinski definition) is 1. The molecule has 1 aromatic heterocycles. The summed E-state index contributed by atoms with van der Waals surface area (Å²) in [6.07, 6.45) is 2.38. The number of rotatable bonds is 3. The molecule has 1 amide bonds. The predicted octanol–water partition coefficient (Wildman–Crippen LogP) is 4.28. The summed E-state index contributed by atoms with van der Waals surface area (Å²) in [5.41, 5.74) is 1.99. The van der Waals surface area contributed by atoms with Crippen molar-refractivity contribution in [2.45, 2.75) is 31.8 Å². The van der Waals surface area contributed by atoms with Crippen molar-refractivity contribution in [1.29, 1.82) is 0 Å². The van der Waals surface area contributed by atoms with E-state index >= 15 is 0 Å². The van der Waals surface area contributed by atoms with Crippen molar-refractivity contribution in [3.8, 4) is 11.1 Å². The van der Waals surface area contributed by atoms with Gasteiger partial charge < -0.3 is 5.32 Å². The molecule has 1 N–H and O–H groups in total. The van der Waals surface area contributed by atoms with Crippen LogP contribution in [0, 0.1) is 5.92 Å². The standard InChI is InChI=1S/C19H21ClN2OS/c1-12-17(14-7-9-22(12)10-8-14)21-19(23)16-11-15(18(20)24-16)13-5-3-2-4-6-13/h2-6,11-12,14,17H,7-10H2,1H3,(H,21,23)/t12-,17-/m0/s1. The molecular weight excluding hydrogens is 340 g/mol. The number of thiophene rings is 1. The van der Waals surface area contributed by atoms with E-state index in [2.05, 4.69) is 17.1 Å². The number of hydrogen-bond acceptors (Lipinski definition) is 3. The molecule has 4 heterocycles. The lowest BCUT2D eigenvalue weighted by Gasteiger charge is -2.49. The largest absolute Gasteiger partial charge is 0.347 e. The summed E-state index contributed by atoms with van der Waals surface area (Å²) < 4.78 is 0.674. The van der Waals surface area contributed by atoms with Gasteiger partial charge in [-0.15, -0.1) is 11.3 Å². The van der Waals surface area contributed by atoms with Gasteiger partial charge in [-0.05, 0) is 50.4 Å². The van der Waals surface area contributed by atoms with Crippen LogP contribution in [-0.4, -0.2) is 36.0 Å². The van der Waals surface area contributed by atoms with Gasteiger partial charge in [0, 0.05) is 17.6 Å². The number of carbonyl (C=O) groups is 1. The molecule has 5 heteroatoms. The van der Waals surface area contributed by atoms with Crippen molar-refractivity contribution in [3.63, 3.8) is 0 Å². The first-order valence-electron chi connectivity index (χ1n) is 8.53. The summed E-state index contributed by atoms with van der Waals surface area (Å²) in [5.74, 6) is 0.618. The molecule has 2 atom stereocenters. The van der Waals surface area contributed by atoms with Gasteiger partial charge in [-0.25, -0.2) is 0 Å². The van der Waals surface area contributed by atoms with Crippen LogP contribution in [0.2, 0.25) is 4.34 Å². The van der Waals surface area contributed by atoms with Crippen molar-refractivity contribution in [2.75, 3.05) is 13.1 Å². The van der Waals surface area contributed by atoms with Crippen LogP contribution in [-0.2, 0) is 0 Å². The first kappa shape index (κ1) is 16.1. The second-order valence-corrected chi connectivity index (χ2v) is 8.43. The highest BCUT2D eigenvalue weighted by molar-refractivity contribution is 7.18. The Labute approximate surface area is 151 Å². The molecule has 0 unspecified atom stereocenters. The molecule has 2 bridgehead atoms.